The molecule has 5 N–H and O–H groups in total. The Hall–Kier alpha value is -6.84. The summed E-state index contributed by atoms with van der Waals surface area (Å²) in [6, 6.07) is 39.2. The number of phenolic OH excluding ortho intramolecular Hbond substituents is 1. The number of rotatable bonds is 17. The van der Waals surface area contributed by atoms with Crippen molar-refractivity contribution in [2.75, 3.05) is 59.0 Å². The van der Waals surface area contributed by atoms with Crippen LogP contribution in [0, 0.1) is 11.8 Å². The van der Waals surface area contributed by atoms with Crippen LogP contribution in [0.15, 0.2) is 138 Å². The smallest absolute Gasteiger partial charge is 0.347 e. The number of nitrogens with zero attached hydrogens (tertiary/aromatic N) is 3. The quantitative estimate of drug-likeness (QED) is 0.0572. The first-order chi connectivity index (χ1) is 33.5. The zero-order valence-electron chi connectivity index (χ0n) is 38.5. The number of piperidine rings is 1. The number of fused-ring (bicyclic) bond motifs is 2. The molecule has 0 bridgehead atoms. The van der Waals surface area contributed by atoms with E-state index in [1.807, 2.05) is 53.4 Å². The second-order valence-corrected chi connectivity index (χ2v) is 18.6. The number of aliphatic hydroxyl groups is 2. The maximum Gasteiger partial charge on any atom is 0.347 e. The molecule has 3 fully saturated rings. The van der Waals surface area contributed by atoms with Crippen LogP contribution in [0.5, 0.6) is 11.5 Å². The van der Waals surface area contributed by atoms with Crippen LogP contribution in [-0.2, 0) is 32.9 Å². The SMILES string of the molecule is O=C(COc1cccc(C(O)(C(=O)OCC2CCN(Cc3ccccc3)CC2)c2ccccc2)c1)N1C[C@@H]2CCN(C(=O)c3ccc(CCNC[C@H](O)c4ccc(O)c5[nH]c(=O)ccc45)cc3)[C@@H]2C1. The Bertz CT molecular complexity index is 2800. The number of esters is 1. The summed E-state index contributed by atoms with van der Waals surface area (Å²) < 4.78 is 11.9. The number of likely N-dealkylation sites (tertiary alicyclic amines) is 3. The number of H-pyrrole nitrogens is 1. The number of benzene rings is 5. The van der Waals surface area contributed by atoms with Crippen LogP contribution >= 0.6 is 0 Å². The van der Waals surface area contributed by atoms with Gasteiger partial charge in [-0.15, -0.1) is 0 Å². The fourth-order valence-electron chi connectivity index (χ4n) is 10.1. The molecule has 3 aliphatic rings. The third-order valence-corrected chi connectivity index (χ3v) is 14.1. The standard InChI is InChI=1S/C55H59N5O9/c61-48-20-18-45(46-19-21-50(63)57-52(46)48)49(62)31-56-26-22-37-14-16-40(17-15-37)53(65)60-29-25-41-33-59(34-47(41)60)51(64)36-68-44-13-7-12-43(30-44)55(67,42-10-5-2-6-11-42)54(66)69-35-39-23-27-58(28-24-39)32-38-8-3-1-4-9-38/h1-21,30,39,41,47,49,56,61-62,67H,22-29,31-36H2,(H,57,63)/t41-,47+,49-,55?/m0/s1. The van der Waals surface area contributed by atoms with Gasteiger partial charge in [-0.1, -0.05) is 91.0 Å². The highest BCUT2D eigenvalue weighted by Gasteiger charge is 2.45. The Morgan fingerprint density at radius 2 is 1.54 bits per heavy atom. The lowest BCUT2D eigenvalue weighted by Gasteiger charge is -2.33. The van der Waals surface area contributed by atoms with Crippen molar-refractivity contribution in [3.05, 3.63) is 177 Å². The van der Waals surface area contributed by atoms with E-state index in [2.05, 4.69) is 27.3 Å². The predicted molar refractivity (Wildman–Crippen MR) is 261 cm³/mol. The number of carbonyl (C=O) groups is 3. The van der Waals surface area contributed by atoms with Crippen molar-refractivity contribution in [1.82, 2.24) is 25.0 Å². The van der Waals surface area contributed by atoms with E-state index in [4.69, 9.17) is 9.47 Å². The zero-order chi connectivity index (χ0) is 47.9. The van der Waals surface area contributed by atoms with Gasteiger partial charge in [-0.25, -0.2) is 4.79 Å². The number of ether oxygens (including phenoxy) is 2. The molecule has 3 aliphatic heterocycles. The van der Waals surface area contributed by atoms with Gasteiger partial charge in [0.25, 0.3) is 11.8 Å². The largest absolute Gasteiger partial charge is 0.506 e. The number of pyridine rings is 1. The number of phenols is 1. The number of carbonyl (C=O) groups excluding carboxylic acids is 3. The summed E-state index contributed by atoms with van der Waals surface area (Å²) >= 11 is 0. The number of aromatic nitrogens is 1. The fraction of sp³-hybridized carbons (Fsp3) is 0.345. The van der Waals surface area contributed by atoms with E-state index in [-0.39, 0.29) is 71.8 Å². The van der Waals surface area contributed by atoms with Crippen molar-refractivity contribution in [1.29, 1.82) is 0 Å². The molecule has 14 heteroatoms. The molecule has 0 aliphatic carbocycles. The molecule has 6 aromatic rings. The molecule has 9 rings (SSSR count). The van der Waals surface area contributed by atoms with Crippen molar-refractivity contribution < 1.29 is 39.2 Å². The van der Waals surface area contributed by atoms with Crippen molar-refractivity contribution in [3.8, 4) is 11.5 Å². The van der Waals surface area contributed by atoms with Crippen molar-refractivity contribution in [3.63, 3.8) is 0 Å². The molecule has 1 unspecified atom stereocenters. The summed E-state index contributed by atoms with van der Waals surface area (Å²) in [4.78, 5) is 61.8. The third kappa shape index (κ3) is 10.7. The molecular formula is C55H59N5O9. The molecule has 1 aromatic heterocycles. The van der Waals surface area contributed by atoms with Gasteiger partial charge >= 0.3 is 5.97 Å². The fourth-order valence-corrected chi connectivity index (χ4v) is 10.1. The van der Waals surface area contributed by atoms with Crippen molar-refractivity contribution in [2.24, 2.45) is 11.8 Å². The van der Waals surface area contributed by atoms with Gasteiger partial charge in [0.1, 0.15) is 11.5 Å². The summed E-state index contributed by atoms with van der Waals surface area (Å²) in [6.45, 7) is 5.00. The van der Waals surface area contributed by atoms with Crippen molar-refractivity contribution >= 4 is 28.7 Å². The van der Waals surface area contributed by atoms with Crippen LogP contribution in [-0.4, -0.2) is 118 Å². The molecule has 14 nitrogen and oxygen atoms in total. The predicted octanol–water partition coefficient (Wildman–Crippen LogP) is 5.54. The van der Waals surface area contributed by atoms with E-state index in [9.17, 15) is 34.5 Å². The molecule has 5 aromatic carbocycles. The van der Waals surface area contributed by atoms with Gasteiger partial charge in [-0.3, -0.25) is 19.3 Å². The molecule has 2 amide bonds. The van der Waals surface area contributed by atoms with Gasteiger partial charge in [0.2, 0.25) is 11.2 Å². The minimum atomic E-state index is -2.11. The molecule has 358 valence electrons. The first kappa shape index (κ1) is 47.2. The highest BCUT2D eigenvalue weighted by atomic mass is 16.6. The number of hydrogen-bond donors (Lipinski definition) is 5. The van der Waals surface area contributed by atoms with Crippen LogP contribution in [0.4, 0.5) is 0 Å². The lowest BCUT2D eigenvalue weighted by molar-refractivity contribution is -0.164. The zero-order valence-corrected chi connectivity index (χ0v) is 38.5. The minimum Gasteiger partial charge on any atom is -0.506 e. The Kier molecular flexibility index (Phi) is 14.5. The summed E-state index contributed by atoms with van der Waals surface area (Å²) in [6.07, 6.45) is 2.36. The number of hydrogen-bond acceptors (Lipinski definition) is 11. The van der Waals surface area contributed by atoms with E-state index in [1.54, 1.807) is 65.6 Å². The Balaban J connectivity index is 0.749. The average molecular weight is 934 g/mol. The molecule has 69 heavy (non-hydrogen) atoms. The van der Waals surface area contributed by atoms with E-state index in [0.29, 0.717) is 60.4 Å². The van der Waals surface area contributed by atoms with Crippen LogP contribution in [0.25, 0.3) is 10.9 Å². The normalized spacial score (nSPS) is 18.7. The number of nitrogens with one attached hydrogen (secondary N) is 2. The molecule has 0 spiro atoms. The lowest BCUT2D eigenvalue weighted by Crippen LogP contribution is -2.41. The molecular weight excluding hydrogens is 875 g/mol. The highest BCUT2D eigenvalue weighted by molar-refractivity contribution is 5.95. The summed E-state index contributed by atoms with van der Waals surface area (Å²) in [5.74, 6) is -0.467. The highest BCUT2D eigenvalue weighted by Crippen LogP contribution is 2.36. The minimum absolute atomic E-state index is 0.0608. The Morgan fingerprint density at radius 1 is 0.797 bits per heavy atom. The van der Waals surface area contributed by atoms with Gasteiger partial charge in [0.15, 0.2) is 6.61 Å². The first-order valence-electron chi connectivity index (χ1n) is 23.9. The monoisotopic (exact) mass is 933 g/mol. The average Bonchev–Trinajstić information content (AvgIpc) is 3.99. The molecule has 4 atom stereocenters. The topological polar surface area (TPSA) is 185 Å². The van der Waals surface area contributed by atoms with Crippen LogP contribution in [0.1, 0.15) is 63.5 Å². The van der Waals surface area contributed by atoms with Gasteiger partial charge in [0, 0.05) is 61.2 Å². The maximum absolute atomic E-state index is 14.0. The van der Waals surface area contributed by atoms with Gasteiger partial charge in [-0.05, 0) is 110 Å². The first-order valence-corrected chi connectivity index (χ1v) is 23.9. The summed E-state index contributed by atoms with van der Waals surface area (Å²) in [7, 11) is 0. The van der Waals surface area contributed by atoms with E-state index in [1.165, 1.54) is 17.7 Å². The molecule has 0 radical (unpaired) electrons. The molecule has 0 saturated carbocycles. The second kappa shape index (κ2) is 21.2. The van der Waals surface area contributed by atoms with E-state index >= 15 is 0 Å². The van der Waals surface area contributed by atoms with E-state index in [0.717, 1.165) is 44.5 Å². The van der Waals surface area contributed by atoms with Gasteiger partial charge in [-0.2, -0.15) is 0 Å². The van der Waals surface area contributed by atoms with Crippen molar-refractivity contribution in [2.45, 2.75) is 50.0 Å². The van der Waals surface area contributed by atoms with Crippen LogP contribution < -0.4 is 15.6 Å². The molecule has 3 saturated heterocycles. The number of aromatic amines is 1. The number of amides is 2. The lowest BCUT2D eigenvalue weighted by atomic mass is 9.86. The maximum atomic E-state index is 14.0. The molecule has 4 heterocycles. The number of aliphatic hydroxyl groups excluding tert-OH is 1. The van der Waals surface area contributed by atoms with Crippen LogP contribution in [0.3, 0.4) is 0 Å². The Labute approximate surface area is 401 Å². The number of aromatic hydroxyl groups is 1. The van der Waals surface area contributed by atoms with E-state index < -0.39 is 17.7 Å². The Morgan fingerprint density at radius 3 is 2.30 bits per heavy atom. The van der Waals surface area contributed by atoms with Crippen LogP contribution in [0.2, 0.25) is 0 Å². The summed E-state index contributed by atoms with van der Waals surface area (Å²) in [5, 5.41) is 37.2. The third-order valence-electron chi connectivity index (χ3n) is 14.1. The van der Waals surface area contributed by atoms with Gasteiger partial charge in [0.05, 0.1) is 24.3 Å². The summed E-state index contributed by atoms with van der Waals surface area (Å²) in [5.41, 5.74) is 1.94. The van der Waals surface area contributed by atoms with Gasteiger partial charge < -0.3 is 44.9 Å². The second-order valence-electron chi connectivity index (χ2n) is 18.6.